The Kier molecular flexibility index (Phi) is 4.06. The van der Waals surface area contributed by atoms with Gasteiger partial charge in [-0.3, -0.25) is 4.79 Å². The summed E-state index contributed by atoms with van der Waals surface area (Å²) in [5, 5.41) is 4.09. The van der Waals surface area contributed by atoms with E-state index in [1.165, 1.54) is 12.1 Å². The third kappa shape index (κ3) is 2.87. The number of halogens is 5. The van der Waals surface area contributed by atoms with Gasteiger partial charge in [0.2, 0.25) is 0 Å². The van der Waals surface area contributed by atoms with Crippen LogP contribution < -0.4 is 0 Å². The molecule has 4 nitrogen and oxygen atoms in total. The Morgan fingerprint density at radius 2 is 1.86 bits per heavy atom. The van der Waals surface area contributed by atoms with Crippen LogP contribution in [0.2, 0.25) is 0 Å². The number of aromatic nitrogens is 2. The van der Waals surface area contributed by atoms with Gasteiger partial charge < -0.3 is 0 Å². The predicted octanol–water partition coefficient (Wildman–Crippen LogP) is 5.13. The first-order valence-corrected chi connectivity index (χ1v) is 8.28. The zero-order chi connectivity index (χ0) is 20.2. The molecule has 0 saturated carbocycles. The topological polar surface area (TPSA) is 47.2 Å². The average Bonchev–Trinajstić information content (AvgIpc) is 3.10. The largest absolute Gasteiger partial charge is 0.416 e. The van der Waals surface area contributed by atoms with Crippen LogP contribution in [0.1, 0.15) is 22.5 Å². The molecule has 1 unspecified atom stereocenters. The minimum absolute atomic E-state index is 0.105. The van der Waals surface area contributed by atoms with Crippen molar-refractivity contribution in [2.45, 2.75) is 25.7 Å². The molecule has 2 heterocycles. The molecule has 9 heteroatoms. The average molecular weight is 393 g/mol. The first-order chi connectivity index (χ1) is 13.2. The van der Waals surface area contributed by atoms with Gasteiger partial charge in [-0.05, 0) is 30.7 Å². The molecular formula is C19H12F5N3O. The van der Waals surface area contributed by atoms with Gasteiger partial charge >= 0.3 is 6.18 Å². The summed E-state index contributed by atoms with van der Waals surface area (Å²) in [4.78, 5) is 16.8. The van der Waals surface area contributed by atoms with E-state index >= 15 is 0 Å². The Bertz CT molecular complexity index is 1070. The first-order valence-electron chi connectivity index (χ1n) is 8.28. The predicted molar refractivity (Wildman–Crippen MR) is 91.9 cm³/mol. The van der Waals surface area contributed by atoms with Crippen LogP contribution in [0.5, 0.6) is 0 Å². The summed E-state index contributed by atoms with van der Waals surface area (Å²) in [6.07, 6.45) is -4.12. The second-order valence-electron chi connectivity index (χ2n) is 6.43. The van der Waals surface area contributed by atoms with Gasteiger partial charge in [0, 0.05) is 17.6 Å². The second-order valence-corrected chi connectivity index (χ2v) is 6.43. The van der Waals surface area contributed by atoms with Crippen LogP contribution in [0, 0.1) is 6.92 Å². The molecule has 0 radical (unpaired) electrons. The molecule has 0 saturated heterocycles. The van der Waals surface area contributed by atoms with Crippen molar-refractivity contribution in [3.63, 3.8) is 0 Å². The van der Waals surface area contributed by atoms with Gasteiger partial charge in [0.05, 0.1) is 11.3 Å². The minimum Gasteiger partial charge on any atom is -0.265 e. The molecule has 144 valence electrons. The van der Waals surface area contributed by atoms with Crippen molar-refractivity contribution < 1.29 is 26.7 Å². The van der Waals surface area contributed by atoms with Crippen LogP contribution in [0.3, 0.4) is 0 Å². The Labute approximate surface area is 155 Å². The maximum Gasteiger partial charge on any atom is 0.416 e. The number of benzene rings is 1. The van der Waals surface area contributed by atoms with Gasteiger partial charge in [-0.15, -0.1) is 0 Å². The lowest BCUT2D eigenvalue weighted by Gasteiger charge is -2.11. The van der Waals surface area contributed by atoms with Crippen molar-refractivity contribution >= 4 is 17.4 Å². The van der Waals surface area contributed by atoms with Crippen LogP contribution in [-0.4, -0.2) is 27.6 Å². The van der Waals surface area contributed by atoms with Crippen LogP contribution in [0.25, 0.3) is 11.1 Å². The van der Waals surface area contributed by atoms with Gasteiger partial charge in [0.1, 0.15) is 17.7 Å². The number of aryl methyl sites for hydroxylation is 1. The Morgan fingerprint density at radius 1 is 1.18 bits per heavy atom. The summed E-state index contributed by atoms with van der Waals surface area (Å²) in [5.41, 5.74) is 0.0293. The van der Waals surface area contributed by atoms with Crippen molar-refractivity contribution in [3.05, 3.63) is 59.1 Å². The SMILES string of the molecule is Cc1nn2c(c1-c1ccc(C(F)(F)F)cc1)N=C(C1=C(F)CC(F)C=C1)C2=O. The van der Waals surface area contributed by atoms with Gasteiger partial charge in [0.25, 0.3) is 5.91 Å². The highest BCUT2D eigenvalue weighted by atomic mass is 19.4. The fourth-order valence-electron chi connectivity index (χ4n) is 3.20. The zero-order valence-corrected chi connectivity index (χ0v) is 14.4. The maximum atomic E-state index is 14.1. The van der Waals surface area contributed by atoms with Crippen LogP contribution in [0.15, 0.2) is 52.8 Å². The molecule has 2 aromatic rings. The number of allylic oxidation sites excluding steroid dienone is 4. The molecule has 2 aliphatic rings. The lowest BCUT2D eigenvalue weighted by atomic mass is 10.0. The molecule has 0 spiro atoms. The van der Waals surface area contributed by atoms with E-state index in [4.69, 9.17) is 0 Å². The third-order valence-corrected chi connectivity index (χ3v) is 4.54. The molecule has 0 N–H and O–H groups in total. The summed E-state index contributed by atoms with van der Waals surface area (Å²) in [6, 6.07) is 4.38. The Hall–Kier alpha value is -3.10. The van der Waals surface area contributed by atoms with E-state index < -0.39 is 36.1 Å². The molecule has 0 amide bonds. The summed E-state index contributed by atoms with van der Waals surface area (Å²) in [6.45, 7) is 1.59. The van der Waals surface area contributed by atoms with Crippen molar-refractivity contribution in [3.8, 4) is 11.1 Å². The molecule has 0 bridgehead atoms. The number of rotatable bonds is 2. The smallest absolute Gasteiger partial charge is 0.265 e. The van der Waals surface area contributed by atoms with E-state index in [0.717, 1.165) is 29.0 Å². The van der Waals surface area contributed by atoms with Crippen LogP contribution >= 0.6 is 0 Å². The summed E-state index contributed by atoms with van der Waals surface area (Å²) >= 11 is 0. The second kappa shape index (κ2) is 6.22. The lowest BCUT2D eigenvalue weighted by molar-refractivity contribution is -0.137. The van der Waals surface area contributed by atoms with Gasteiger partial charge in [0.15, 0.2) is 5.82 Å². The number of carbonyl (C=O) groups excluding carboxylic acids is 1. The molecular weight excluding hydrogens is 381 g/mol. The van der Waals surface area contributed by atoms with E-state index in [-0.39, 0.29) is 17.1 Å². The molecule has 1 aliphatic carbocycles. The number of carbonyl (C=O) groups is 1. The van der Waals surface area contributed by atoms with Crippen molar-refractivity contribution in [2.24, 2.45) is 4.99 Å². The first kappa shape index (κ1) is 18.3. The molecule has 1 aromatic heterocycles. The number of hydrogen-bond donors (Lipinski definition) is 0. The number of fused-ring (bicyclic) bond motifs is 1. The highest BCUT2D eigenvalue weighted by molar-refractivity contribution is 6.49. The van der Waals surface area contributed by atoms with Gasteiger partial charge in [-0.2, -0.15) is 23.0 Å². The fourth-order valence-corrected chi connectivity index (χ4v) is 3.20. The monoisotopic (exact) mass is 393 g/mol. The highest BCUT2D eigenvalue weighted by Gasteiger charge is 2.35. The summed E-state index contributed by atoms with van der Waals surface area (Å²) in [5.74, 6) is -1.36. The molecule has 4 rings (SSSR count). The zero-order valence-electron chi connectivity index (χ0n) is 14.4. The number of hydrogen-bond acceptors (Lipinski definition) is 3. The van der Waals surface area contributed by atoms with E-state index in [2.05, 4.69) is 10.1 Å². The molecule has 0 fully saturated rings. The molecule has 1 aromatic carbocycles. The van der Waals surface area contributed by atoms with Crippen LogP contribution in [-0.2, 0) is 6.18 Å². The number of alkyl halides is 4. The standard InChI is InChI=1S/C19H12F5N3O/c1-9-15(10-2-4-11(5-3-10)19(22,23)24)17-25-16(18(28)27(17)26-9)13-7-6-12(20)8-14(13)21/h2-7,12H,8H2,1H3. The number of aliphatic imine (C=N–C) groups is 1. The summed E-state index contributed by atoms with van der Waals surface area (Å²) < 4.78 is 66.7. The van der Waals surface area contributed by atoms with Crippen molar-refractivity contribution in [2.75, 3.05) is 0 Å². The van der Waals surface area contributed by atoms with E-state index in [9.17, 15) is 26.7 Å². The molecule has 1 atom stereocenters. The lowest BCUT2D eigenvalue weighted by Crippen LogP contribution is -2.21. The Morgan fingerprint density at radius 3 is 2.46 bits per heavy atom. The van der Waals surface area contributed by atoms with Crippen LogP contribution in [0.4, 0.5) is 27.8 Å². The van der Waals surface area contributed by atoms with E-state index in [0.29, 0.717) is 16.8 Å². The third-order valence-electron chi connectivity index (χ3n) is 4.54. The van der Waals surface area contributed by atoms with Gasteiger partial charge in [-0.1, -0.05) is 18.2 Å². The summed E-state index contributed by atoms with van der Waals surface area (Å²) in [7, 11) is 0. The highest BCUT2D eigenvalue weighted by Crippen LogP contribution is 2.39. The fraction of sp³-hybridized carbons (Fsp3) is 0.211. The molecule has 28 heavy (non-hydrogen) atoms. The van der Waals surface area contributed by atoms with E-state index in [1.54, 1.807) is 6.92 Å². The van der Waals surface area contributed by atoms with Crippen molar-refractivity contribution in [1.29, 1.82) is 0 Å². The number of nitrogens with zero attached hydrogens (tertiary/aromatic N) is 3. The minimum atomic E-state index is -4.47. The van der Waals surface area contributed by atoms with Crippen molar-refractivity contribution in [1.82, 2.24) is 9.78 Å². The maximum absolute atomic E-state index is 14.1. The normalized spacial score (nSPS) is 19.3. The van der Waals surface area contributed by atoms with Gasteiger partial charge in [-0.25, -0.2) is 13.8 Å². The Balaban J connectivity index is 1.78. The molecule has 1 aliphatic heterocycles. The van der Waals surface area contributed by atoms with E-state index in [1.807, 2.05) is 0 Å². The quantitative estimate of drug-likeness (QED) is 0.665.